The number of aryl methyl sites for hydroxylation is 1. The summed E-state index contributed by atoms with van der Waals surface area (Å²) in [6, 6.07) is 11.4. The number of aromatic nitrogens is 2. The number of benzene rings is 1. The lowest BCUT2D eigenvalue weighted by Gasteiger charge is -2.59. The Morgan fingerprint density at radius 2 is 1.91 bits per heavy atom. The van der Waals surface area contributed by atoms with E-state index in [1.807, 2.05) is 31.2 Å². The van der Waals surface area contributed by atoms with E-state index in [-0.39, 0.29) is 11.3 Å². The van der Waals surface area contributed by atoms with E-state index in [1.165, 1.54) is 0 Å². The zero-order chi connectivity index (χ0) is 24.1. The van der Waals surface area contributed by atoms with Gasteiger partial charge >= 0.3 is 6.36 Å². The molecule has 2 aliphatic rings. The lowest BCUT2D eigenvalue weighted by Crippen LogP contribution is -2.64. The monoisotopic (exact) mass is 492 g/mol. The highest BCUT2D eigenvalue weighted by atomic mass is 35.5. The van der Waals surface area contributed by atoms with Gasteiger partial charge < -0.3 is 10.2 Å². The molecule has 0 radical (unpaired) electrons. The van der Waals surface area contributed by atoms with Crippen molar-refractivity contribution in [1.82, 2.24) is 14.7 Å². The van der Waals surface area contributed by atoms with Crippen LogP contribution in [0.1, 0.15) is 41.5 Å². The number of halogens is 4. The zero-order valence-corrected chi connectivity index (χ0v) is 19.3. The van der Waals surface area contributed by atoms with Gasteiger partial charge in [0, 0.05) is 36.9 Å². The van der Waals surface area contributed by atoms with Crippen molar-refractivity contribution in [3.63, 3.8) is 0 Å². The molecule has 3 aromatic rings. The molecule has 5 rings (SSSR count). The Labute approximate surface area is 199 Å². The van der Waals surface area contributed by atoms with Gasteiger partial charge in [0.15, 0.2) is 0 Å². The number of fused-ring (bicyclic) bond motifs is 1. The predicted octanol–water partition coefficient (Wildman–Crippen LogP) is 4.99. The lowest BCUT2D eigenvalue weighted by atomic mass is 9.61. The summed E-state index contributed by atoms with van der Waals surface area (Å²) in [5.41, 5.74) is 3.77. The molecule has 2 aromatic heterocycles. The highest BCUT2D eigenvalue weighted by Crippen LogP contribution is 2.51. The first-order chi connectivity index (χ1) is 16.1. The van der Waals surface area contributed by atoms with E-state index in [9.17, 15) is 18.0 Å². The Morgan fingerprint density at radius 1 is 1.21 bits per heavy atom. The van der Waals surface area contributed by atoms with Gasteiger partial charge in [0.1, 0.15) is 11.3 Å². The van der Waals surface area contributed by atoms with Gasteiger partial charge in [-0.2, -0.15) is 0 Å². The maximum Gasteiger partial charge on any atom is 0.522 e. The molecule has 34 heavy (non-hydrogen) atoms. The van der Waals surface area contributed by atoms with Gasteiger partial charge in [-0.3, -0.25) is 13.9 Å². The number of ether oxygens (including phenoxy) is 1. The first-order valence-electron chi connectivity index (χ1n) is 11.2. The molecule has 0 atom stereocenters. The standard InChI is InChI=1S/C24H24ClF3N4O2/c1-2-19-21(32-12-16(25)5-8-20(32)30-19)22(33)29-11-15-3-6-17(7-4-15)31-13-23(14-31)9-18(10-23)34-24(26,27)28/h3-8,12,18H,2,9-11,13-14H2,1H3,(H,29,33). The van der Waals surface area contributed by atoms with E-state index in [2.05, 4.69) is 19.9 Å². The molecule has 1 saturated carbocycles. The summed E-state index contributed by atoms with van der Waals surface area (Å²) in [7, 11) is 0. The molecule has 0 bridgehead atoms. The summed E-state index contributed by atoms with van der Waals surface area (Å²) in [6.07, 6.45) is -2.08. The summed E-state index contributed by atoms with van der Waals surface area (Å²) in [4.78, 5) is 19.6. The Morgan fingerprint density at radius 3 is 2.56 bits per heavy atom. The van der Waals surface area contributed by atoms with Crippen LogP contribution < -0.4 is 10.2 Å². The Balaban J connectivity index is 1.16. The van der Waals surface area contributed by atoms with Crippen LogP contribution in [0.25, 0.3) is 5.65 Å². The molecule has 1 spiro atoms. The fourth-order valence-electron chi connectivity index (χ4n) is 5.03. The van der Waals surface area contributed by atoms with Crippen LogP contribution >= 0.6 is 11.6 Å². The number of amides is 1. The van der Waals surface area contributed by atoms with Crippen LogP contribution in [0.4, 0.5) is 18.9 Å². The van der Waals surface area contributed by atoms with Crippen molar-refractivity contribution in [2.75, 3.05) is 18.0 Å². The second-order valence-corrected chi connectivity index (χ2v) is 9.57. The van der Waals surface area contributed by atoms with Gasteiger partial charge in [-0.05, 0) is 49.1 Å². The molecule has 6 nitrogen and oxygen atoms in total. The number of hydrogen-bond acceptors (Lipinski definition) is 4. The number of nitrogens with zero attached hydrogens (tertiary/aromatic N) is 3. The molecule has 1 saturated heterocycles. The number of carbonyl (C=O) groups excluding carboxylic acids is 1. The molecular weight excluding hydrogens is 469 g/mol. The van der Waals surface area contributed by atoms with Gasteiger partial charge in [-0.1, -0.05) is 30.7 Å². The summed E-state index contributed by atoms with van der Waals surface area (Å²) < 4.78 is 42.8. The fraction of sp³-hybridized carbons (Fsp3) is 0.417. The number of alkyl halides is 3. The summed E-state index contributed by atoms with van der Waals surface area (Å²) in [5.74, 6) is -0.221. The van der Waals surface area contributed by atoms with Crippen molar-refractivity contribution < 1.29 is 22.7 Å². The topological polar surface area (TPSA) is 58.9 Å². The van der Waals surface area contributed by atoms with Crippen LogP contribution in [-0.4, -0.2) is 40.8 Å². The number of hydrogen-bond donors (Lipinski definition) is 1. The van der Waals surface area contributed by atoms with Gasteiger partial charge in [-0.15, -0.1) is 13.2 Å². The molecule has 1 aliphatic carbocycles. The molecule has 1 N–H and O–H groups in total. The number of carbonyl (C=O) groups is 1. The van der Waals surface area contributed by atoms with Crippen LogP contribution in [0.3, 0.4) is 0 Å². The molecule has 1 aromatic carbocycles. The van der Waals surface area contributed by atoms with Gasteiger partial charge in [0.05, 0.1) is 16.8 Å². The number of nitrogens with one attached hydrogen (secondary N) is 1. The SMILES string of the molecule is CCc1nc2ccc(Cl)cn2c1C(=O)NCc1ccc(N2CC3(CC(OC(F)(F)F)C3)C2)cc1. The first-order valence-corrected chi connectivity index (χ1v) is 11.6. The third-order valence-electron chi connectivity index (χ3n) is 6.63. The van der Waals surface area contributed by atoms with E-state index in [4.69, 9.17) is 11.6 Å². The molecule has 1 aliphatic heterocycles. The van der Waals surface area contributed by atoms with E-state index in [1.54, 1.807) is 22.7 Å². The molecule has 0 unspecified atom stereocenters. The molecule has 1 amide bonds. The normalized spacial score (nSPS) is 17.6. The maximum atomic E-state index is 12.9. The summed E-state index contributed by atoms with van der Waals surface area (Å²) in [6.45, 7) is 3.78. The highest BCUT2D eigenvalue weighted by Gasteiger charge is 2.55. The summed E-state index contributed by atoms with van der Waals surface area (Å²) >= 11 is 6.11. The van der Waals surface area contributed by atoms with Crippen LogP contribution in [0.5, 0.6) is 0 Å². The van der Waals surface area contributed by atoms with Crippen molar-refractivity contribution in [2.45, 2.75) is 45.2 Å². The van der Waals surface area contributed by atoms with Crippen molar-refractivity contribution in [2.24, 2.45) is 5.41 Å². The highest BCUT2D eigenvalue weighted by molar-refractivity contribution is 6.30. The largest absolute Gasteiger partial charge is 0.522 e. The third kappa shape index (κ3) is 4.46. The van der Waals surface area contributed by atoms with Crippen molar-refractivity contribution in [3.8, 4) is 0 Å². The van der Waals surface area contributed by atoms with Crippen LogP contribution in [0.2, 0.25) is 5.02 Å². The second kappa shape index (κ2) is 8.46. The quantitative estimate of drug-likeness (QED) is 0.527. The summed E-state index contributed by atoms with van der Waals surface area (Å²) in [5, 5.41) is 3.48. The minimum absolute atomic E-state index is 0.0591. The van der Waals surface area contributed by atoms with E-state index in [0.717, 1.165) is 24.3 Å². The van der Waals surface area contributed by atoms with Crippen LogP contribution in [0, 0.1) is 5.41 Å². The van der Waals surface area contributed by atoms with Crippen molar-refractivity contribution in [3.05, 3.63) is 64.6 Å². The number of pyridine rings is 1. The Kier molecular flexibility index (Phi) is 5.72. The smallest absolute Gasteiger partial charge is 0.370 e. The average molecular weight is 493 g/mol. The van der Waals surface area contributed by atoms with Crippen molar-refractivity contribution >= 4 is 28.8 Å². The third-order valence-corrected chi connectivity index (χ3v) is 6.86. The lowest BCUT2D eigenvalue weighted by molar-refractivity contribution is -0.360. The van der Waals surface area contributed by atoms with Crippen molar-refractivity contribution in [1.29, 1.82) is 0 Å². The fourth-order valence-corrected chi connectivity index (χ4v) is 5.19. The van der Waals surface area contributed by atoms with E-state index >= 15 is 0 Å². The minimum atomic E-state index is -4.56. The maximum absolute atomic E-state index is 12.9. The second-order valence-electron chi connectivity index (χ2n) is 9.14. The van der Waals surface area contributed by atoms with E-state index in [0.29, 0.717) is 47.9 Å². The average Bonchev–Trinajstić information content (AvgIpc) is 3.10. The molecule has 180 valence electrons. The Hall–Kier alpha value is -2.78. The number of anilines is 1. The molecule has 2 fully saturated rings. The first kappa shape index (κ1) is 23.0. The number of imidazole rings is 1. The van der Waals surface area contributed by atoms with Gasteiger partial charge in [0.2, 0.25) is 0 Å². The number of rotatable bonds is 6. The molecular formula is C24H24ClF3N4O2. The Bertz CT molecular complexity index is 1210. The van der Waals surface area contributed by atoms with Crippen LogP contribution in [-0.2, 0) is 17.7 Å². The van der Waals surface area contributed by atoms with Gasteiger partial charge in [0.25, 0.3) is 5.91 Å². The van der Waals surface area contributed by atoms with Gasteiger partial charge in [-0.25, -0.2) is 4.98 Å². The van der Waals surface area contributed by atoms with Crippen LogP contribution in [0.15, 0.2) is 42.6 Å². The molecule has 3 heterocycles. The zero-order valence-electron chi connectivity index (χ0n) is 18.5. The minimum Gasteiger partial charge on any atom is -0.370 e. The van der Waals surface area contributed by atoms with E-state index < -0.39 is 12.5 Å². The molecule has 10 heteroatoms. The predicted molar refractivity (Wildman–Crippen MR) is 122 cm³/mol.